The third-order valence-electron chi connectivity index (χ3n) is 5.31. The average molecular weight is 801 g/mol. The molecule has 0 saturated carbocycles. The summed E-state index contributed by atoms with van der Waals surface area (Å²) in [7, 11) is -4.94. The van der Waals surface area contributed by atoms with Gasteiger partial charge in [-0.05, 0) is 29.2 Å². The van der Waals surface area contributed by atoms with Gasteiger partial charge in [0, 0.05) is 30.8 Å². The van der Waals surface area contributed by atoms with E-state index in [1.807, 2.05) is 0 Å². The Bertz CT molecular complexity index is 1450. The predicted octanol–water partition coefficient (Wildman–Crippen LogP) is -3.26. The molecule has 0 bridgehead atoms. The van der Waals surface area contributed by atoms with Crippen molar-refractivity contribution in [2.24, 2.45) is 20.0 Å². The number of carbonyl (C=O) groups excluding carboxylic acids is 1. The van der Waals surface area contributed by atoms with Crippen molar-refractivity contribution in [2.45, 2.75) is 6.92 Å². The Hall–Kier alpha value is -4.60. The van der Waals surface area contributed by atoms with Crippen molar-refractivity contribution >= 4 is 30.8 Å². The van der Waals surface area contributed by atoms with Gasteiger partial charge in [0.05, 0.1) is 26.2 Å². The van der Waals surface area contributed by atoms with Crippen LogP contribution in [0.5, 0.6) is 23.0 Å². The van der Waals surface area contributed by atoms with E-state index in [-0.39, 0.29) is 57.1 Å². The average Bonchev–Trinajstić information content (AvgIpc) is 3.03. The quantitative estimate of drug-likeness (QED) is 0.0877. The van der Waals surface area contributed by atoms with Crippen molar-refractivity contribution in [1.82, 2.24) is 0 Å². The van der Waals surface area contributed by atoms with E-state index < -0.39 is 16.2 Å². The number of carboxylic acids is 1. The van der Waals surface area contributed by atoms with Crippen LogP contribution in [0.25, 0.3) is 0 Å². The van der Waals surface area contributed by atoms with Gasteiger partial charge in [-0.15, -0.1) is 33.2 Å². The van der Waals surface area contributed by atoms with Crippen LogP contribution in [0.15, 0.2) is 117 Å². The Morgan fingerprint density at radius 3 is 0.804 bits per heavy atom. The van der Waals surface area contributed by atoms with Crippen LogP contribution >= 0.6 is 0 Å². The van der Waals surface area contributed by atoms with Crippen molar-refractivity contribution in [3.05, 3.63) is 119 Å². The molecule has 0 aliphatic rings. The van der Waals surface area contributed by atoms with Crippen LogP contribution in [0, 0.1) is 10.2 Å². The molecule has 4 aromatic carbocycles. The van der Waals surface area contributed by atoms with E-state index in [9.17, 15) is 20.4 Å². The Balaban J connectivity index is 0. The van der Waals surface area contributed by atoms with E-state index in [0.29, 0.717) is 48.4 Å². The molecule has 0 atom stereocenters. The first-order chi connectivity index (χ1) is 23.3. The number of carbonyl (C=O) groups is 1. The molecule has 0 amide bonds. The van der Waals surface area contributed by atoms with E-state index in [4.69, 9.17) is 28.5 Å². The summed E-state index contributed by atoms with van der Waals surface area (Å²) in [5.41, 5.74) is 2.28. The molecule has 0 aliphatic carbocycles. The summed E-state index contributed by atoms with van der Waals surface area (Å²) in [6.07, 6.45) is 6.22. The smallest absolute Gasteiger partial charge is 0.872 e. The maximum Gasteiger partial charge on any atom is 3.00 e. The molecular weight excluding hydrogens is 770 g/mol. The molecule has 51 heavy (non-hydrogen) atoms. The van der Waals surface area contributed by atoms with Gasteiger partial charge in [-0.2, -0.15) is 0 Å². The molecule has 268 valence electrons. The molecule has 17 heteroatoms. The van der Waals surface area contributed by atoms with Crippen LogP contribution in [-0.4, -0.2) is 57.0 Å². The number of aliphatic imine (C=N–C) groups is 4. The first kappa shape index (κ1) is 48.5. The van der Waals surface area contributed by atoms with Gasteiger partial charge in [-0.3, -0.25) is 20.0 Å². The maximum absolute atomic E-state index is 11.4. The van der Waals surface area contributed by atoms with Crippen molar-refractivity contribution in [3.8, 4) is 23.0 Å². The fourth-order valence-corrected chi connectivity index (χ4v) is 3.23. The third-order valence-corrected chi connectivity index (χ3v) is 5.31. The minimum absolute atomic E-state index is 0. The Morgan fingerprint density at radius 2 is 0.647 bits per heavy atom. The zero-order valence-electron chi connectivity index (χ0n) is 26.9. The molecule has 0 fully saturated rings. The number of nitrogens with zero attached hydrogens (tertiary/aromatic N) is 4. The first-order valence-electron chi connectivity index (χ1n) is 14.1. The standard InChI is InChI=1S/2C16H16N2O2.C2H4O2.ClHO4.2Mn/c2*19-15-7-3-1-5-13(15)11-17-9-10-18-12-14-6-2-4-8-16(14)20;1-2(3)4;2-1(3,4)5;;/h2*1-8,11-12,19-20H,9-10H2;1H3,(H,3,4);(H,2,3,4,5);;/q;;;;2*+3/p-6. The molecule has 0 aliphatic heterocycles. The zero-order valence-corrected chi connectivity index (χ0v) is 30.0. The second-order valence-electron chi connectivity index (χ2n) is 9.16. The SMILES string of the molecule is CC(=O)[O-].[Mn+3].[Mn+3].[O-][Cl+3]([O-])([O-])[O-].[O-]c1ccccc1C=NCCN=Cc1ccccc1[O-].[O-]c1ccccc1C=NCCN=Cc1ccccc1[O-]. The molecule has 0 heterocycles. The van der Waals surface area contributed by atoms with Crippen LogP contribution in [0.2, 0.25) is 0 Å². The summed E-state index contributed by atoms with van der Waals surface area (Å²) in [5.74, 6) is -1.25. The van der Waals surface area contributed by atoms with Crippen molar-refractivity contribution in [2.75, 3.05) is 26.2 Å². The van der Waals surface area contributed by atoms with E-state index in [0.717, 1.165) is 6.92 Å². The number of benzene rings is 4. The minimum atomic E-state index is -4.94. The number of hydrogen-bond acceptors (Lipinski definition) is 14. The first-order valence-corrected chi connectivity index (χ1v) is 15.3. The van der Waals surface area contributed by atoms with Crippen molar-refractivity contribution in [3.63, 3.8) is 0 Å². The molecule has 14 nitrogen and oxygen atoms in total. The normalized spacial score (nSPS) is 10.6. The Morgan fingerprint density at radius 1 is 0.490 bits per heavy atom. The van der Waals surface area contributed by atoms with E-state index in [1.54, 1.807) is 97.7 Å². The van der Waals surface area contributed by atoms with Crippen LogP contribution in [0.3, 0.4) is 0 Å². The summed E-state index contributed by atoms with van der Waals surface area (Å²) in [6, 6.07) is 26.9. The van der Waals surface area contributed by atoms with Crippen LogP contribution in [0.4, 0.5) is 0 Å². The third kappa shape index (κ3) is 26.0. The number of halogens is 1. The summed E-state index contributed by atoms with van der Waals surface area (Å²) < 4.78 is 34.0. The summed E-state index contributed by atoms with van der Waals surface area (Å²) in [4.78, 5) is 25.4. The fourth-order valence-electron chi connectivity index (χ4n) is 3.23. The molecule has 0 aromatic heterocycles. The van der Waals surface area contributed by atoms with E-state index in [2.05, 4.69) is 20.0 Å². The number of para-hydroxylation sites is 4. The molecule has 0 radical (unpaired) electrons. The molecule has 0 saturated heterocycles. The van der Waals surface area contributed by atoms with Gasteiger partial charge < -0.3 is 30.3 Å². The van der Waals surface area contributed by atoms with Gasteiger partial charge in [-0.25, -0.2) is 18.6 Å². The van der Waals surface area contributed by atoms with Gasteiger partial charge in [0.2, 0.25) is 0 Å². The second kappa shape index (κ2) is 28.1. The number of rotatable bonds is 10. The molecule has 0 N–H and O–H groups in total. The van der Waals surface area contributed by atoms with Crippen LogP contribution < -0.4 is 44.2 Å². The van der Waals surface area contributed by atoms with Crippen LogP contribution in [-0.2, 0) is 38.9 Å². The van der Waals surface area contributed by atoms with Crippen molar-refractivity contribution < 1.29 is 93.3 Å². The Labute approximate surface area is 318 Å². The molecule has 4 rings (SSSR count). The second-order valence-corrected chi connectivity index (χ2v) is 9.92. The number of aliphatic carboxylic acids is 1. The topological polar surface area (TPSA) is 274 Å². The zero-order chi connectivity index (χ0) is 36.5. The summed E-state index contributed by atoms with van der Waals surface area (Å²) in [6.45, 7) is 2.88. The molecular formula is C34H31ClMn2N4O10. The van der Waals surface area contributed by atoms with Gasteiger partial charge in [-0.1, -0.05) is 97.1 Å². The maximum atomic E-state index is 11.4. The molecule has 0 spiro atoms. The van der Waals surface area contributed by atoms with Gasteiger partial charge in [0.1, 0.15) is 0 Å². The Kier molecular flexibility index (Phi) is 26.8. The fraction of sp³-hybridized carbons (Fsp3) is 0.147. The number of carboxylic acid groups (broad SMARTS) is 1. The largest absolute Gasteiger partial charge is 3.00 e. The molecule has 0 unspecified atom stereocenters. The summed E-state index contributed by atoms with van der Waals surface area (Å²) >= 11 is 0. The molecule has 4 aromatic rings. The van der Waals surface area contributed by atoms with Gasteiger partial charge in [0.15, 0.2) is 0 Å². The monoisotopic (exact) mass is 800 g/mol. The van der Waals surface area contributed by atoms with E-state index in [1.165, 1.54) is 24.3 Å². The van der Waals surface area contributed by atoms with Gasteiger partial charge >= 0.3 is 34.1 Å². The number of hydrogen-bond donors (Lipinski definition) is 0. The van der Waals surface area contributed by atoms with Crippen LogP contribution in [0.1, 0.15) is 29.2 Å². The minimum Gasteiger partial charge on any atom is -0.872 e. The van der Waals surface area contributed by atoms with Crippen molar-refractivity contribution in [1.29, 1.82) is 0 Å². The predicted molar refractivity (Wildman–Crippen MR) is 164 cm³/mol. The van der Waals surface area contributed by atoms with E-state index >= 15 is 0 Å². The summed E-state index contributed by atoms with van der Waals surface area (Å²) in [5, 5.41) is 54.5. The van der Waals surface area contributed by atoms with Gasteiger partial charge in [0.25, 0.3) is 0 Å².